The molecule has 1 heterocycles. The van der Waals surface area contributed by atoms with Crippen LogP contribution in [0.1, 0.15) is 31.2 Å². The van der Waals surface area contributed by atoms with Crippen molar-refractivity contribution < 1.29 is 0 Å². The number of halogens is 2. The molecule has 1 atom stereocenters. The summed E-state index contributed by atoms with van der Waals surface area (Å²) in [6.07, 6.45) is 1.99. The Kier molecular flexibility index (Phi) is 5.59. The monoisotopic (exact) mass is 263 g/mol. The number of hydrogen-bond donors (Lipinski definition) is 1. The topological polar surface area (TPSA) is 29.9 Å². The SMILES string of the molecule is CCC(Cl)CCNCc1c(Cl)c(C)nn1C. The molecule has 0 fully saturated rings. The molecule has 0 saturated heterocycles. The summed E-state index contributed by atoms with van der Waals surface area (Å²) in [4.78, 5) is 0. The fraction of sp³-hybridized carbons (Fsp3) is 0.727. The molecule has 0 bridgehead atoms. The highest BCUT2D eigenvalue weighted by Gasteiger charge is 2.10. The highest BCUT2D eigenvalue weighted by Crippen LogP contribution is 2.18. The minimum Gasteiger partial charge on any atom is -0.311 e. The Hall–Kier alpha value is -0.250. The molecule has 0 radical (unpaired) electrons. The summed E-state index contributed by atoms with van der Waals surface area (Å²) in [6.45, 7) is 5.66. The van der Waals surface area contributed by atoms with Crippen LogP contribution < -0.4 is 5.32 Å². The molecular weight excluding hydrogens is 245 g/mol. The van der Waals surface area contributed by atoms with Crippen LogP contribution in [-0.2, 0) is 13.6 Å². The Balaban J connectivity index is 2.37. The average Bonchev–Trinajstić information content (AvgIpc) is 2.49. The van der Waals surface area contributed by atoms with E-state index in [2.05, 4.69) is 17.3 Å². The van der Waals surface area contributed by atoms with Crippen LogP contribution in [0.25, 0.3) is 0 Å². The third kappa shape index (κ3) is 3.65. The molecule has 16 heavy (non-hydrogen) atoms. The van der Waals surface area contributed by atoms with Gasteiger partial charge < -0.3 is 5.32 Å². The van der Waals surface area contributed by atoms with Crippen molar-refractivity contribution in [3.05, 3.63) is 16.4 Å². The van der Waals surface area contributed by atoms with Gasteiger partial charge in [0.15, 0.2) is 0 Å². The van der Waals surface area contributed by atoms with Crippen molar-refractivity contribution in [3.63, 3.8) is 0 Å². The quantitative estimate of drug-likeness (QED) is 0.632. The first-order valence-electron chi connectivity index (χ1n) is 5.59. The highest BCUT2D eigenvalue weighted by molar-refractivity contribution is 6.31. The van der Waals surface area contributed by atoms with E-state index in [1.807, 2.05) is 18.7 Å². The van der Waals surface area contributed by atoms with E-state index < -0.39 is 0 Å². The van der Waals surface area contributed by atoms with Gasteiger partial charge in [0.1, 0.15) is 0 Å². The lowest BCUT2D eigenvalue weighted by Gasteiger charge is -2.08. The van der Waals surface area contributed by atoms with E-state index in [-0.39, 0.29) is 5.38 Å². The molecule has 0 saturated carbocycles. The fourth-order valence-corrected chi connectivity index (χ4v) is 1.88. The molecule has 0 amide bonds. The molecule has 5 heteroatoms. The first-order chi connectivity index (χ1) is 7.56. The third-order valence-corrected chi connectivity index (χ3v) is 3.65. The van der Waals surface area contributed by atoms with Crippen molar-refractivity contribution >= 4 is 23.2 Å². The molecule has 1 aromatic rings. The molecule has 0 aliphatic rings. The summed E-state index contributed by atoms with van der Waals surface area (Å²) < 4.78 is 1.82. The van der Waals surface area contributed by atoms with Gasteiger partial charge in [-0.1, -0.05) is 18.5 Å². The molecule has 1 N–H and O–H groups in total. The van der Waals surface area contributed by atoms with Gasteiger partial charge in [-0.2, -0.15) is 5.10 Å². The van der Waals surface area contributed by atoms with Gasteiger partial charge in [0.05, 0.1) is 16.4 Å². The Bertz CT molecular complexity index is 336. The van der Waals surface area contributed by atoms with Crippen molar-refractivity contribution in [2.45, 2.75) is 38.6 Å². The van der Waals surface area contributed by atoms with Crippen molar-refractivity contribution in [2.75, 3.05) is 6.54 Å². The number of aromatic nitrogens is 2. The van der Waals surface area contributed by atoms with Crippen molar-refractivity contribution in [1.29, 1.82) is 0 Å². The smallest absolute Gasteiger partial charge is 0.0860 e. The number of alkyl halides is 1. The summed E-state index contributed by atoms with van der Waals surface area (Å²) in [5.41, 5.74) is 1.91. The van der Waals surface area contributed by atoms with Gasteiger partial charge in [0.25, 0.3) is 0 Å². The maximum Gasteiger partial charge on any atom is 0.0860 e. The Morgan fingerprint density at radius 1 is 1.50 bits per heavy atom. The number of nitrogens with one attached hydrogen (secondary N) is 1. The average molecular weight is 264 g/mol. The zero-order chi connectivity index (χ0) is 12.1. The van der Waals surface area contributed by atoms with E-state index in [9.17, 15) is 0 Å². The second kappa shape index (κ2) is 6.48. The zero-order valence-corrected chi connectivity index (χ0v) is 11.6. The van der Waals surface area contributed by atoms with Gasteiger partial charge in [-0.05, 0) is 26.3 Å². The van der Waals surface area contributed by atoms with Crippen molar-refractivity contribution in [2.24, 2.45) is 7.05 Å². The molecule has 92 valence electrons. The molecular formula is C11H19Cl2N3. The summed E-state index contributed by atoms with van der Waals surface area (Å²) in [7, 11) is 1.91. The predicted molar refractivity (Wildman–Crippen MR) is 69.2 cm³/mol. The Morgan fingerprint density at radius 3 is 2.69 bits per heavy atom. The van der Waals surface area contributed by atoms with E-state index in [1.54, 1.807) is 0 Å². The predicted octanol–water partition coefficient (Wildman–Crippen LogP) is 2.88. The standard InChI is InChI=1S/C11H19Cl2N3/c1-4-9(12)5-6-14-7-10-11(13)8(2)15-16(10)3/h9,14H,4-7H2,1-3H3. The van der Waals surface area contributed by atoms with E-state index in [4.69, 9.17) is 23.2 Å². The first-order valence-corrected chi connectivity index (χ1v) is 6.40. The summed E-state index contributed by atoms with van der Waals surface area (Å²) in [5, 5.41) is 8.61. The second-order valence-electron chi connectivity index (χ2n) is 3.94. The fourth-order valence-electron chi connectivity index (χ4n) is 1.54. The summed E-state index contributed by atoms with van der Waals surface area (Å²) >= 11 is 12.2. The highest BCUT2D eigenvalue weighted by atomic mass is 35.5. The zero-order valence-electron chi connectivity index (χ0n) is 10.1. The van der Waals surface area contributed by atoms with Crippen LogP contribution in [-0.4, -0.2) is 21.7 Å². The molecule has 0 spiro atoms. The van der Waals surface area contributed by atoms with Gasteiger partial charge in [-0.15, -0.1) is 11.6 Å². The number of aryl methyl sites for hydroxylation is 2. The molecule has 3 nitrogen and oxygen atoms in total. The van der Waals surface area contributed by atoms with Crippen LogP contribution in [0, 0.1) is 6.92 Å². The third-order valence-electron chi connectivity index (χ3n) is 2.63. The lowest BCUT2D eigenvalue weighted by Crippen LogP contribution is -2.19. The van der Waals surface area contributed by atoms with Gasteiger partial charge in [-0.3, -0.25) is 4.68 Å². The molecule has 1 rings (SSSR count). The molecule has 0 aliphatic heterocycles. The number of rotatable bonds is 6. The van der Waals surface area contributed by atoms with Crippen molar-refractivity contribution in [3.8, 4) is 0 Å². The number of nitrogens with zero attached hydrogens (tertiary/aromatic N) is 2. The van der Waals surface area contributed by atoms with Crippen LogP contribution in [0.5, 0.6) is 0 Å². The van der Waals surface area contributed by atoms with E-state index in [0.29, 0.717) is 0 Å². The minimum absolute atomic E-state index is 0.260. The largest absolute Gasteiger partial charge is 0.311 e. The van der Waals surface area contributed by atoms with Gasteiger partial charge in [0.2, 0.25) is 0 Å². The first kappa shape index (κ1) is 13.8. The van der Waals surface area contributed by atoms with Gasteiger partial charge >= 0.3 is 0 Å². The van der Waals surface area contributed by atoms with E-state index in [0.717, 1.165) is 42.3 Å². The Labute approximate surface area is 107 Å². The summed E-state index contributed by atoms with van der Waals surface area (Å²) in [6, 6.07) is 0. The molecule has 0 aromatic carbocycles. The maximum absolute atomic E-state index is 6.13. The maximum atomic E-state index is 6.13. The van der Waals surface area contributed by atoms with Gasteiger partial charge in [0, 0.05) is 19.0 Å². The van der Waals surface area contributed by atoms with Gasteiger partial charge in [-0.25, -0.2) is 0 Å². The Morgan fingerprint density at radius 2 is 2.19 bits per heavy atom. The van der Waals surface area contributed by atoms with Crippen molar-refractivity contribution in [1.82, 2.24) is 15.1 Å². The molecule has 1 aromatic heterocycles. The molecule has 1 unspecified atom stereocenters. The number of hydrogen-bond acceptors (Lipinski definition) is 2. The summed E-state index contributed by atoms with van der Waals surface area (Å²) in [5.74, 6) is 0. The molecule has 0 aliphatic carbocycles. The van der Waals surface area contributed by atoms with Crippen LogP contribution in [0.3, 0.4) is 0 Å². The second-order valence-corrected chi connectivity index (χ2v) is 4.94. The lowest BCUT2D eigenvalue weighted by atomic mass is 10.2. The van der Waals surface area contributed by atoms with Crippen LogP contribution >= 0.6 is 23.2 Å². The van der Waals surface area contributed by atoms with Crippen LogP contribution in [0.2, 0.25) is 5.02 Å². The lowest BCUT2D eigenvalue weighted by molar-refractivity contribution is 0.591. The normalized spacial score (nSPS) is 13.1. The van der Waals surface area contributed by atoms with E-state index >= 15 is 0 Å². The van der Waals surface area contributed by atoms with Crippen LogP contribution in [0.4, 0.5) is 0 Å². The van der Waals surface area contributed by atoms with Crippen LogP contribution in [0.15, 0.2) is 0 Å². The van der Waals surface area contributed by atoms with E-state index in [1.165, 1.54) is 0 Å². The minimum atomic E-state index is 0.260.